The van der Waals surface area contributed by atoms with Crippen LogP contribution in [0.3, 0.4) is 0 Å². The van der Waals surface area contributed by atoms with Gasteiger partial charge < -0.3 is 0 Å². The first kappa shape index (κ1) is 9.38. The van der Waals surface area contributed by atoms with E-state index in [1.54, 1.807) is 12.4 Å². The third-order valence-corrected chi connectivity index (χ3v) is 2.67. The molecule has 1 aliphatic carbocycles. The largest absolute Gasteiger partial charge is 0.299 e. The van der Waals surface area contributed by atoms with Gasteiger partial charge in [-0.1, -0.05) is 0 Å². The summed E-state index contributed by atoms with van der Waals surface area (Å²) >= 11 is 0. The summed E-state index contributed by atoms with van der Waals surface area (Å²) in [5, 5.41) is 0. The van der Waals surface area contributed by atoms with Gasteiger partial charge >= 0.3 is 0 Å². The monoisotopic (exact) mass is 189 g/mol. The van der Waals surface area contributed by atoms with Crippen molar-refractivity contribution >= 4 is 5.78 Å². The number of aryl methyl sites for hydroxylation is 1. The number of Topliss-reactive ketones (excluding diaryl/α,β-unsaturated/α-hetero) is 1. The van der Waals surface area contributed by atoms with Gasteiger partial charge in [-0.05, 0) is 43.4 Å². The van der Waals surface area contributed by atoms with Crippen LogP contribution in [0.2, 0.25) is 0 Å². The van der Waals surface area contributed by atoms with E-state index in [1.165, 1.54) is 5.56 Å². The van der Waals surface area contributed by atoms with Gasteiger partial charge in [-0.15, -0.1) is 0 Å². The molecule has 1 heterocycles. The Morgan fingerprint density at radius 1 is 1.36 bits per heavy atom. The van der Waals surface area contributed by atoms with Gasteiger partial charge in [0.05, 0.1) is 0 Å². The molecule has 0 saturated heterocycles. The highest BCUT2D eigenvalue weighted by atomic mass is 16.1. The summed E-state index contributed by atoms with van der Waals surface area (Å²) < 4.78 is 0. The highest BCUT2D eigenvalue weighted by Gasteiger charge is 2.28. The van der Waals surface area contributed by atoms with Gasteiger partial charge in [0.25, 0.3) is 0 Å². The maximum absolute atomic E-state index is 11.4. The highest BCUT2D eigenvalue weighted by molar-refractivity contribution is 5.83. The molecule has 0 amide bonds. The quantitative estimate of drug-likeness (QED) is 0.711. The number of hydrogen-bond donors (Lipinski definition) is 0. The van der Waals surface area contributed by atoms with Crippen LogP contribution in [0.5, 0.6) is 0 Å². The zero-order valence-electron chi connectivity index (χ0n) is 8.28. The Hall–Kier alpha value is -1.18. The molecule has 1 aliphatic rings. The minimum absolute atomic E-state index is 0.424. The molecule has 2 rings (SSSR count). The topological polar surface area (TPSA) is 30.0 Å². The van der Waals surface area contributed by atoms with Crippen molar-refractivity contribution < 1.29 is 4.79 Å². The van der Waals surface area contributed by atoms with Crippen LogP contribution < -0.4 is 0 Å². The Labute approximate surface area is 84.4 Å². The molecule has 2 heteroatoms. The summed E-state index contributed by atoms with van der Waals surface area (Å²) in [6.45, 7) is 0. The van der Waals surface area contributed by atoms with Crippen LogP contribution in [-0.2, 0) is 11.2 Å². The van der Waals surface area contributed by atoms with Gasteiger partial charge in [0.15, 0.2) is 0 Å². The predicted octanol–water partition coefficient (Wildman–Crippen LogP) is 2.38. The molecule has 0 atom stereocenters. The first-order valence-electron chi connectivity index (χ1n) is 5.28. The van der Waals surface area contributed by atoms with Crippen LogP contribution in [0.15, 0.2) is 24.5 Å². The number of nitrogens with zero attached hydrogens (tertiary/aromatic N) is 1. The number of pyridine rings is 1. The van der Waals surface area contributed by atoms with Crippen molar-refractivity contribution in [2.24, 2.45) is 5.92 Å². The maximum atomic E-state index is 11.4. The lowest BCUT2D eigenvalue weighted by atomic mass is 10.1. The number of aromatic nitrogens is 1. The van der Waals surface area contributed by atoms with E-state index in [0.717, 1.165) is 32.1 Å². The molecular formula is C12H15NO. The second-order valence-electron chi connectivity index (χ2n) is 3.95. The lowest BCUT2D eigenvalue weighted by molar-refractivity contribution is -0.120. The molecule has 1 fully saturated rings. The van der Waals surface area contributed by atoms with E-state index in [4.69, 9.17) is 0 Å². The predicted molar refractivity (Wildman–Crippen MR) is 54.9 cm³/mol. The van der Waals surface area contributed by atoms with Crippen LogP contribution in [0.1, 0.15) is 31.2 Å². The third-order valence-electron chi connectivity index (χ3n) is 2.67. The summed E-state index contributed by atoms with van der Waals surface area (Å²) in [6, 6.07) is 4.03. The van der Waals surface area contributed by atoms with E-state index >= 15 is 0 Å². The first-order valence-corrected chi connectivity index (χ1v) is 5.28. The normalized spacial score (nSPS) is 15.4. The van der Waals surface area contributed by atoms with Crippen molar-refractivity contribution in [2.45, 2.75) is 32.1 Å². The van der Waals surface area contributed by atoms with Gasteiger partial charge in [-0.3, -0.25) is 9.78 Å². The molecule has 0 aliphatic heterocycles. The minimum Gasteiger partial charge on any atom is -0.299 e. The fraction of sp³-hybridized carbons (Fsp3) is 0.500. The molecule has 2 nitrogen and oxygen atoms in total. The fourth-order valence-electron chi connectivity index (χ4n) is 1.63. The molecule has 0 aromatic carbocycles. The average Bonchev–Trinajstić information content (AvgIpc) is 3.02. The van der Waals surface area contributed by atoms with Crippen LogP contribution in [0, 0.1) is 5.92 Å². The Balaban J connectivity index is 1.70. The van der Waals surface area contributed by atoms with Gasteiger partial charge in [0, 0.05) is 24.7 Å². The smallest absolute Gasteiger partial charge is 0.135 e. The summed E-state index contributed by atoms with van der Waals surface area (Å²) in [5.74, 6) is 0.895. The second kappa shape index (κ2) is 4.36. The van der Waals surface area contributed by atoms with E-state index in [-0.39, 0.29) is 0 Å². The van der Waals surface area contributed by atoms with Crippen molar-refractivity contribution in [3.8, 4) is 0 Å². The molecule has 14 heavy (non-hydrogen) atoms. The molecule has 0 N–H and O–H groups in total. The Morgan fingerprint density at radius 2 is 2.07 bits per heavy atom. The zero-order valence-corrected chi connectivity index (χ0v) is 8.28. The SMILES string of the molecule is O=C(CCCc1ccncc1)C1CC1. The molecule has 1 aromatic rings. The molecule has 0 spiro atoms. The number of carbonyl (C=O) groups is 1. The molecule has 0 radical (unpaired) electrons. The van der Waals surface area contributed by atoms with E-state index in [0.29, 0.717) is 11.7 Å². The second-order valence-corrected chi connectivity index (χ2v) is 3.95. The van der Waals surface area contributed by atoms with Crippen LogP contribution in [0.25, 0.3) is 0 Å². The van der Waals surface area contributed by atoms with Crippen LogP contribution >= 0.6 is 0 Å². The third kappa shape index (κ3) is 2.66. The highest BCUT2D eigenvalue weighted by Crippen LogP contribution is 2.31. The maximum Gasteiger partial charge on any atom is 0.135 e. The van der Waals surface area contributed by atoms with Crippen molar-refractivity contribution in [3.05, 3.63) is 30.1 Å². The Kier molecular flexibility index (Phi) is 2.92. The number of carbonyl (C=O) groups excluding carboxylic acids is 1. The minimum atomic E-state index is 0.424. The summed E-state index contributed by atoms with van der Waals surface area (Å²) in [5.41, 5.74) is 1.28. The standard InChI is InChI=1S/C12H15NO/c14-12(11-4-5-11)3-1-2-10-6-8-13-9-7-10/h6-9,11H,1-5H2. The van der Waals surface area contributed by atoms with Crippen molar-refractivity contribution in [2.75, 3.05) is 0 Å². The summed E-state index contributed by atoms with van der Waals surface area (Å²) in [7, 11) is 0. The molecule has 1 saturated carbocycles. The van der Waals surface area contributed by atoms with Gasteiger partial charge in [0.1, 0.15) is 5.78 Å². The van der Waals surface area contributed by atoms with Gasteiger partial charge in [-0.2, -0.15) is 0 Å². The van der Waals surface area contributed by atoms with E-state index < -0.39 is 0 Å². The summed E-state index contributed by atoms with van der Waals surface area (Å²) in [6.07, 6.45) is 8.62. The summed E-state index contributed by atoms with van der Waals surface area (Å²) in [4.78, 5) is 15.3. The molecule has 0 bridgehead atoms. The lowest BCUT2D eigenvalue weighted by Crippen LogP contribution is -2.00. The number of ketones is 1. The molecule has 0 unspecified atom stereocenters. The Morgan fingerprint density at radius 3 is 2.71 bits per heavy atom. The zero-order chi connectivity index (χ0) is 9.80. The number of hydrogen-bond acceptors (Lipinski definition) is 2. The Bertz CT molecular complexity index is 303. The molecular weight excluding hydrogens is 174 g/mol. The van der Waals surface area contributed by atoms with Gasteiger partial charge in [-0.25, -0.2) is 0 Å². The van der Waals surface area contributed by atoms with Crippen molar-refractivity contribution in [1.29, 1.82) is 0 Å². The molecule has 74 valence electrons. The van der Waals surface area contributed by atoms with Crippen LogP contribution in [0.4, 0.5) is 0 Å². The van der Waals surface area contributed by atoms with Crippen LogP contribution in [-0.4, -0.2) is 10.8 Å². The number of rotatable bonds is 5. The van der Waals surface area contributed by atoms with E-state index in [9.17, 15) is 4.79 Å². The van der Waals surface area contributed by atoms with Gasteiger partial charge in [0.2, 0.25) is 0 Å². The van der Waals surface area contributed by atoms with Crippen molar-refractivity contribution in [3.63, 3.8) is 0 Å². The molecule has 1 aromatic heterocycles. The first-order chi connectivity index (χ1) is 6.86. The van der Waals surface area contributed by atoms with E-state index in [2.05, 4.69) is 4.98 Å². The lowest BCUT2D eigenvalue weighted by Gasteiger charge is -1.99. The fourth-order valence-corrected chi connectivity index (χ4v) is 1.63. The average molecular weight is 189 g/mol. The van der Waals surface area contributed by atoms with Crippen molar-refractivity contribution in [1.82, 2.24) is 4.98 Å². The van der Waals surface area contributed by atoms with E-state index in [1.807, 2.05) is 12.1 Å².